The van der Waals surface area contributed by atoms with Crippen LogP contribution in [0.1, 0.15) is 38.7 Å². The first-order valence-corrected chi connectivity index (χ1v) is 13.9. The molecule has 0 bridgehead atoms. The molecule has 1 fully saturated rings. The molecule has 0 saturated carbocycles. The van der Waals surface area contributed by atoms with E-state index in [0.717, 1.165) is 38.3 Å². The molecule has 5 rings (SSSR count). The number of fused-ring (bicyclic) bond motifs is 1. The van der Waals surface area contributed by atoms with Gasteiger partial charge in [0.05, 0.1) is 34.2 Å². The Balaban J connectivity index is 1.33. The summed E-state index contributed by atoms with van der Waals surface area (Å²) in [5, 5.41) is 27.6. The predicted molar refractivity (Wildman–Crippen MR) is 153 cm³/mol. The molecule has 0 spiro atoms. The van der Waals surface area contributed by atoms with E-state index in [2.05, 4.69) is 45.4 Å². The highest BCUT2D eigenvalue weighted by molar-refractivity contribution is 7.18. The van der Waals surface area contributed by atoms with E-state index in [9.17, 15) is 14.9 Å². The van der Waals surface area contributed by atoms with Crippen LogP contribution < -0.4 is 16.0 Å². The molecule has 5 heterocycles. The minimum absolute atomic E-state index is 0.0471. The van der Waals surface area contributed by atoms with Crippen molar-refractivity contribution in [3.8, 4) is 28.0 Å². The minimum Gasteiger partial charge on any atom is -0.382 e. The van der Waals surface area contributed by atoms with Crippen molar-refractivity contribution in [3.05, 3.63) is 42.2 Å². The lowest BCUT2D eigenvalue weighted by Crippen LogP contribution is -2.48. The minimum atomic E-state index is -0.383. The number of carbonyl (C=O) groups is 2. The largest absolute Gasteiger partial charge is 0.382 e. The van der Waals surface area contributed by atoms with Crippen LogP contribution in [0.3, 0.4) is 0 Å². The molecule has 3 N–H and O–H groups in total. The lowest BCUT2D eigenvalue weighted by atomic mass is 10.1. The number of pyridine rings is 1. The number of piperazine rings is 1. The molecule has 1 aliphatic rings. The first-order chi connectivity index (χ1) is 19.3. The molecule has 0 atom stereocenters. The maximum absolute atomic E-state index is 12.4. The molecule has 0 aromatic carbocycles. The van der Waals surface area contributed by atoms with Gasteiger partial charge in [-0.25, -0.2) is 4.52 Å². The fourth-order valence-corrected chi connectivity index (χ4v) is 5.54. The van der Waals surface area contributed by atoms with E-state index in [1.807, 2.05) is 23.1 Å². The average Bonchev–Trinajstić information content (AvgIpc) is 3.60. The van der Waals surface area contributed by atoms with E-state index in [1.54, 1.807) is 23.0 Å². The van der Waals surface area contributed by atoms with Crippen LogP contribution in [0.5, 0.6) is 0 Å². The van der Waals surface area contributed by atoms with E-state index in [0.29, 0.717) is 44.6 Å². The van der Waals surface area contributed by atoms with Crippen LogP contribution >= 0.6 is 11.3 Å². The van der Waals surface area contributed by atoms with Crippen molar-refractivity contribution in [1.29, 1.82) is 5.26 Å². The summed E-state index contributed by atoms with van der Waals surface area (Å²) < 4.78 is 1.77. The van der Waals surface area contributed by atoms with Crippen molar-refractivity contribution in [1.82, 2.24) is 29.7 Å². The molecule has 0 unspecified atom stereocenters. The van der Waals surface area contributed by atoms with Gasteiger partial charge in [0.25, 0.3) is 0 Å². The number of aromatic nitrogens is 5. The Morgan fingerprint density at radius 1 is 1.12 bits per heavy atom. The summed E-state index contributed by atoms with van der Waals surface area (Å²) in [6, 6.07) is 9.93. The van der Waals surface area contributed by atoms with E-state index in [1.165, 1.54) is 11.3 Å². The Morgan fingerprint density at radius 3 is 2.65 bits per heavy atom. The molecule has 4 aromatic heterocycles. The van der Waals surface area contributed by atoms with E-state index in [4.69, 9.17) is 10.7 Å². The van der Waals surface area contributed by atoms with Gasteiger partial charge in [-0.1, -0.05) is 11.3 Å². The first kappa shape index (κ1) is 27.0. The first-order valence-electron chi connectivity index (χ1n) is 13.1. The number of amides is 2. The smallest absolute Gasteiger partial charge is 0.222 e. The standard InChI is InChI=1S/C27H30N10O2S/c1-17(2)32-21-13-22(23-7-6-19-12-18(14-28)15-31-37(19)23)30-16-20(21)26-33-34-27(40-26)36-10-8-35(9-11-36)25(39)5-3-4-24(29)38/h6-7,12-13,15-17H,3-5,8-11H2,1-2H3,(H2,29,38)(H,30,32). The Morgan fingerprint density at radius 2 is 1.93 bits per heavy atom. The topological polar surface area (TPSA) is 158 Å². The van der Waals surface area contributed by atoms with Crippen LogP contribution in [0.4, 0.5) is 10.8 Å². The van der Waals surface area contributed by atoms with Crippen LogP contribution in [0.25, 0.3) is 27.5 Å². The number of hydrogen-bond acceptors (Lipinski definition) is 10. The molecule has 13 heteroatoms. The second kappa shape index (κ2) is 11.7. The van der Waals surface area contributed by atoms with Crippen LogP contribution in [0.15, 0.2) is 36.7 Å². The van der Waals surface area contributed by atoms with E-state index >= 15 is 0 Å². The van der Waals surface area contributed by atoms with E-state index < -0.39 is 0 Å². The van der Waals surface area contributed by atoms with Gasteiger partial charge in [-0.3, -0.25) is 14.6 Å². The van der Waals surface area contributed by atoms with Crippen molar-refractivity contribution in [2.75, 3.05) is 36.4 Å². The van der Waals surface area contributed by atoms with Crippen molar-refractivity contribution in [2.45, 2.75) is 39.2 Å². The molecule has 2 amide bonds. The third-order valence-corrected chi connectivity index (χ3v) is 7.62. The number of carbonyl (C=O) groups excluding carboxylic acids is 2. The molecule has 1 saturated heterocycles. The van der Waals surface area contributed by atoms with Gasteiger partial charge in [0.2, 0.25) is 16.9 Å². The number of nitrogens with one attached hydrogen (secondary N) is 1. The highest BCUT2D eigenvalue weighted by Crippen LogP contribution is 2.36. The molecule has 4 aromatic rings. The Labute approximate surface area is 235 Å². The summed E-state index contributed by atoms with van der Waals surface area (Å²) in [5.41, 5.74) is 9.79. The Kier molecular flexibility index (Phi) is 7.88. The highest BCUT2D eigenvalue weighted by Gasteiger charge is 2.24. The fourth-order valence-electron chi connectivity index (χ4n) is 4.62. The van der Waals surface area contributed by atoms with Gasteiger partial charge < -0.3 is 20.9 Å². The van der Waals surface area contributed by atoms with Gasteiger partial charge in [-0.15, -0.1) is 10.2 Å². The molecule has 206 valence electrons. The summed E-state index contributed by atoms with van der Waals surface area (Å²) in [6.07, 6.45) is 4.38. The zero-order valence-corrected chi connectivity index (χ0v) is 23.2. The van der Waals surface area contributed by atoms with Crippen LogP contribution in [0, 0.1) is 11.3 Å². The zero-order chi connectivity index (χ0) is 28.2. The molecule has 1 aliphatic heterocycles. The van der Waals surface area contributed by atoms with Crippen molar-refractivity contribution < 1.29 is 9.59 Å². The van der Waals surface area contributed by atoms with Gasteiger partial charge in [-0.05, 0) is 44.5 Å². The van der Waals surface area contributed by atoms with Crippen molar-refractivity contribution in [2.24, 2.45) is 5.73 Å². The lowest BCUT2D eigenvalue weighted by Gasteiger charge is -2.34. The number of nitrogens with zero attached hydrogens (tertiary/aromatic N) is 8. The van der Waals surface area contributed by atoms with Gasteiger partial charge in [0.15, 0.2) is 5.01 Å². The second-order valence-corrected chi connectivity index (χ2v) is 10.9. The molecule has 0 radical (unpaired) electrons. The predicted octanol–water partition coefficient (Wildman–Crippen LogP) is 2.91. The van der Waals surface area contributed by atoms with Crippen molar-refractivity contribution >= 4 is 39.5 Å². The Bertz CT molecular complexity index is 1580. The van der Waals surface area contributed by atoms with E-state index in [-0.39, 0.29) is 24.3 Å². The molecule has 40 heavy (non-hydrogen) atoms. The van der Waals surface area contributed by atoms with Crippen molar-refractivity contribution in [3.63, 3.8) is 0 Å². The lowest BCUT2D eigenvalue weighted by molar-refractivity contribution is -0.131. The number of anilines is 2. The van der Waals surface area contributed by atoms with Crippen LogP contribution in [-0.4, -0.2) is 73.7 Å². The molecule has 12 nitrogen and oxygen atoms in total. The molecular weight excluding hydrogens is 528 g/mol. The zero-order valence-electron chi connectivity index (χ0n) is 22.4. The molecular formula is C27H30N10O2S. The Hall–Kier alpha value is -4.57. The SMILES string of the molecule is CC(C)Nc1cc(-c2ccc3cc(C#N)cnn23)ncc1-c1nnc(N2CCN(C(=O)CCCC(N)=O)CC2)s1. The van der Waals surface area contributed by atoms with Crippen LogP contribution in [0.2, 0.25) is 0 Å². The third-order valence-electron chi connectivity index (χ3n) is 6.60. The summed E-state index contributed by atoms with van der Waals surface area (Å²) in [5.74, 6) is -0.336. The number of hydrogen-bond donors (Lipinski definition) is 2. The van der Waals surface area contributed by atoms with Gasteiger partial charge in [0, 0.05) is 56.9 Å². The quantitative estimate of drug-likeness (QED) is 0.315. The normalized spacial score (nSPS) is 13.6. The highest BCUT2D eigenvalue weighted by atomic mass is 32.1. The number of primary amides is 1. The van der Waals surface area contributed by atoms with Gasteiger partial charge in [0.1, 0.15) is 6.07 Å². The number of rotatable bonds is 9. The second-order valence-electron chi connectivity index (χ2n) is 9.90. The summed E-state index contributed by atoms with van der Waals surface area (Å²) in [4.78, 5) is 32.1. The maximum atomic E-state index is 12.4. The van der Waals surface area contributed by atoms with Crippen LogP contribution in [-0.2, 0) is 9.59 Å². The third kappa shape index (κ3) is 5.86. The summed E-state index contributed by atoms with van der Waals surface area (Å²) >= 11 is 1.49. The summed E-state index contributed by atoms with van der Waals surface area (Å²) in [7, 11) is 0. The van der Waals surface area contributed by atoms with Gasteiger partial charge >= 0.3 is 0 Å². The number of nitriles is 1. The number of nitrogens with two attached hydrogens (primary N) is 1. The summed E-state index contributed by atoms with van der Waals surface area (Å²) in [6.45, 7) is 6.65. The maximum Gasteiger partial charge on any atom is 0.222 e. The van der Waals surface area contributed by atoms with Gasteiger partial charge in [-0.2, -0.15) is 10.4 Å². The fraction of sp³-hybridized carbons (Fsp3) is 0.370. The monoisotopic (exact) mass is 558 g/mol. The molecule has 0 aliphatic carbocycles. The average molecular weight is 559 g/mol.